The number of halogens is 1. The second kappa shape index (κ2) is 10.8. The molecule has 2 aliphatic rings. The van der Waals surface area contributed by atoms with Gasteiger partial charge in [0.05, 0.1) is 11.2 Å². The number of hydrazone groups is 1. The van der Waals surface area contributed by atoms with Crippen LogP contribution in [0.4, 0.5) is 5.69 Å². The van der Waals surface area contributed by atoms with E-state index in [1.165, 1.54) is 0 Å². The molecule has 0 amide bonds. The first kappa shape index (κ1) is 20.2. The number of benzene rings is 1. The zero-order chi connectivity index (χ0) is 16.6. The summed E-state index contributed by atoms with van der Waals surface area (Å²) in [6.45, 7) is 0. The van der Waals surface area contributed by atoms with Gasteiger partial charge in [-0.05, 0) is 82.1 Å². The number of fused-ring (bicyclic) bond motifs is 1. The normalized spacial score (nSPS) is 17.3. The van der Waals surface area contributed by atoms with Crippen molar-refractivity contribution in [1.82, 2.24) is 4.98 Å². The molecule has 0 aliphatic heterocycles. The van der Waals surface area contributed by atoms with E-state index < -0.39 is 0 Å². The predicted molar refractivity (Wildman–Crippen MR) is 101 cm³/mol. The van der Waals surface area contributed by atoms with Gasteiger partial charge in [0.25, 0.3) is 0 Å². The molecule has 10 radical (unpaired) electrons. The van der Waals surface area contributed by atoms with E-state index in [4.69, 9.17) is 11.6 Å². The Morgan fingerprint density at radius 3 is 2.28 bits per heavy atom. The Morgan fingerprint density at radius 1 is 0.920 bits per heavy atom. The Kier molecular flexibility index (Phi) is 8.74. The largest absolute Gasteiger partial charge is 2.00 e. The first-order chi connectivity index (χ1) is 11.8. The predicted octanol–water partition coefficient (Wildman–Crippen LogP) is 4.71. The van der Waals surface area contributed by atoms with Crippen LogP contribution in [-0.2, 0) is 17.1 Å². The first-order valence-electron chi connectivity index (χ1n) is 7.55. The molecular formula is C20H16ClFeN3+2. The van der Waals surface area contributed by atoms with Gasteiger partial charge in [-0.1, -0.05) is 11.6 Å². The van der Waals surface area contributed by atoms with Crippen LogP contribution in [0.25, 0.3) is 10.9 Å². The standard InChI is InChI=1S/C15H11ClN3.C5H5.Fe/c16-12-5-6-13-14(7-8-17-15(13)9-12)19-18-10-11-3-1-2-4-11;1-2-4-5-3-1;/h1-10H,(H,17,19);1-5H;/q;;+2/b18-10+;;. The Hall–Kier alpha value is -1.09. The molecule has 0 unspecified atom stereocenters. The number of rotatable bonds is 3. The molecule has 0 spiro atoms. The SMILES string of the molecule is Clc1ccc2c(N/N=C/[C]3[CH][CH][CH][CH]3)ccnc2c1.[CH]1[CH][CH][CH][CH]1.[Fe+2]. The summed E-state index contributed by atoms with van der Waals surface area (Å²) in [5.74, 6) is 1.06. The number of hydrogen-bond donors (Lipinski definition) is 1. The van der Waals surface area contributed by atoms with Gasteiger partial charge in [0.1, 0.15) is 0 Å². The van der Waals surface area contributed by atoms with E-state index >= 15 is 0 Å². The second-order valence-electron chi connectivity index (χ2n) is 5.07. The zero-order valence-corrected chi connectivity index (χ0v) is 15.1. The van der Waals surface area contributed by atoms with E-state index in [9.17, 15) is 0 Å². The number of hydrogen-bond acceptors (Lipinski definition) is 3. The van der Waals surface area contributed by atoms with Crippen molar-refractivity contribution in [2.24, 2.45) is 5.10 Å². The van der Waals surface area contributed by atoms with E-state index in [-0.39, 0.29) is 17.1 Å². The molecule has 1 aromatic carbocycles. The van der Waals surface area contributed by atoms with Gasteiger partial charge in [-0.25, -0.2) is 0 Å². The van der Waals surface area contributed by atoms with Gasteiger partial charge in [0.2, 0.25) is 0 Å². The summed E-state index contributed by atoms with van der Waals surface area (Å²) < 4.78 is 0. The molecule has 2 aliphatic carbocycles. The minimum absolute atomic E-state index is 0. The van der Waals surface area contributed by atoms with E-state index in [1.807, 2.05) is 82.1 Å². The summed E-state index contributed by atoms with van der Waals surface area (Å²) in [6, 6.07) is 7.50. The van der Waals surface area contributed by atoms with Crippen molar-refractivity contribution in [3.05, 3.63) is 99.2 Å². The van der Waals surface area contributed by atoms with Gasteiger partial charge in [-0.15, -0.1) is 0 Å². The third-order valence-corrected chi connectivity index (χ3v) is 3.58. The van der Waals surface area contributed by atoms with Crippen LogP contribution in [0, 0.1) is 63.7 Å². The second-order valence-corrected chi connectivity index (χ2v) is 5.51. The van der Waals surface area contributed by atoms with Crippen molar-refractivity contribution < 1.29 is 17.1 Å². The molecule has 2 fully saturated rings. The molecule has 0 saturated heterocycles. The van der Waals surface area contributed by atoms with Crippen molar-refractivity contribution in [3.63, 3.8) is 0 Å². The fourth-order valence-corrected chi connectivity index (χ4v) is 2.36. The number of nitrogens with zero attached hydrogens (tertiary/aromatic N) is 2. The van der Waals surface area contributed by atoms with E-state index in [2.05, 4.69) is 15.5 Å². The average Bonchev–Trinajstić information content (AvgIpc) is 3.31. The molecule has 5 heteroatoms. The van der Waals surface area contributed by atoms with Crippen LogP contribution in [0.2, 0.25) is 5.02 Å². The van der Waals surface area contributed by atoms with Crippen LogP contribution in [-0.4, -0.2) is 11.2 Å². The Bertz CT molecular complexity index is 672. The summed E-state index contributed by atoms with van der Waals surface area (Å²) in [6.07, 6.45) is 21.5. The van der Waals surface area contributed by atoms with Crippen LogP contribution < -0.4 is 5.43 Å². The van der Waals surface area contributed by atoms with Crippen LogP contribution in [0.3, 0.4) is 0 Å². The van der Waals surface area contributed by atoms with E-state index in [0.29, 0.717) is 5.02 Å². The van der Waals surface area contributed by atoms with Gasteiger partial charge in [0, 0.05) is 28.7 Å². The molecule has 0 bridgehead atoms. The summed E-state index contributed by atoms with van der Waals surface area (Å²) in [7, 11) is 0. The Labute approximate surface area is 166 Å². The molecule has 4 rings (SSSR count). The molecule has 2 aromatic rings. The van der Waals surface area contributed by atoms with Crippen LogP contribution in [0.15, 0.2) is 35.6 Å². The molecule has 1 aromatic heterocycles. The van der Waals surface area contributed by atoms with E-state index in [0.717, 1.165) is 22.5 Å². The summed E-state index contributed by atoms with van der Waals surface area (Å²) in [5.41, 5.74) is 4.79. The third kappa shape index (κ3) is 6.29. The summed E-state index contributed by atoms with van der Waals surface area (Å²) in [5, 5.41) is 5.89. The van der Waals surface area contributed by atoms with Gasteiger partial charge >= 0.3 is 17.1 Å². The average molecular weight is 390 g/mol. The topological polar surface area (TPSA) is 37.3 Å². The quantitative estimate of drug-likeness (QED) is 0.469. The maximum Gasteiger partial charge on any atom is 2.00 e. The van der Waals surface area contributed by atoms with Crippen molar-refractivity contribution in [3.8, 4) is 0 Å². The van der Waals surface area contributed by atoms with Gasteiger partial charge in [0.15, 0.2) is 0 Å². The molecule has 3 nitrogen and oxygen atoms in total. The van der Waals surface area contributed by atoms with Crippen LogP contribution in [0.5, 0.6) is 0 Å². The molecule has 1 heterocycles. The Morgan fingerprint density at radius 2 is 1.60 bits per heavy atom. The molecule has 124 valence electrons. The fourth-order valence-electron chi connectivity index (χ4n) is 2.19. The molecule has 2 saturated carbocycles. The third-order valence-electron chi connectivity index (χ3n) is 3.35. The smallest absolute Gasteiger partial charge is 0.278 e. The van der Waals surface area contributed by atoms with Crippen LogP contribution in [0.1, 0.15) is 0 Å². The van der Waals surface area contributed by atoms with Crippen molar-refractivity contribution in [2.45, 2.75) is 0 Å². The molecule has 25 heavy (non-hydrogen) atoms. The minimum Gasteiger partial charge on any atom is -0.278 e. The van der Waals surface area contributed by atoms with Crippen molar-refractivity contribution in [1.29, 1.82) is 0 Å². The van der Waals surface area contributed by atoms with E-state index in [1.54, 1.807) is 12.4 Å². The minimum atomic E-state index is 0. The molecule has 0 atom stereocenters. The van der Waals surface area contributed by atoms with Gasteiger partial charge in [-0.2, -0.15) is 5.10 Å². The number of nitrogens with one attached hydrogen (secondary N) is 1. The van der Waals surface area contributed by atoms with Gasteiger partial charge < -0.3 is 0 Å². The maximum atomic E-state index is 5.95. The number of pyridine rings is 1. The summed E-state index contributed by atoms with van der Waals surface area (Å²) in [4.78, 5) is 4.28. The fraction of sp³-hybridized carbons (Fsp3) is 0. The zero-order valence-electron chi connectivity index (χ0n) is 13.3. The number of anilines is 1. The molecule has 1 N–H and O–H groups in total. The monoisotopic (exact) mass is 389 g/mol. The molecular weight excluding hydrogens is 374 g/mol. The number of aromatic nitrogens is 1. The first-order valence-corrected chi connectivity index (χ1v) is 7.92. The van der Waals surface area contributed by atoms with Gasteiger partial charge in [-0.3, -0.25) is 10.4 Å². The van der Waals surface area contributed by atoms with Crippen molar-refractivity contribution >= 4 is 34.4 Å². The van der Waals surface area contributed by atoms with Crippen LogP contribution >= 0.6 is 11.6 Å². The maximum absolute atomic E-state index is 5.95. The van der Waals surface area contributed by atoms with Crippen molar-refractivity contribution in [2.75, 3.05) is 5.43 Å². The Balaban J connectivity index is 0.000000325. The summed E-state index contributed by atoms with van der Waals surface area (Å²) >= 11 is 5.95.